The highest BCUT2D eigenvalue weighted by atomic mass is 16.2. The van der Waals surface area contributed by atoms with Gasteiger partial charge in [0.05, 0.1) is 5.92 Å². The van der Waals surface area contributed by atoms with Gasteiger partial charge in [0.25, 0.3) is 0 Å². The lowest BCUT2D eigenvalue weighted by atomic mass is 9.90. The number of nitrogens with zero attached hydrogens (tertiary/aromatic N) is 2. The molecule has 1 aromatic carbocycles. The number of likely N-dealkylation sites (tertiary alicyclic amines) is 1. The van der Waals surface area contributed by atoms with Crippen molar-refractivity contribution in [1.29, 1.82) is 0 Å². The van der Waals surface area contributed by atoms with Crippen LogP contribution in [-0.4, -0.2) is 35.8 Å². The van der Waals surface area contributed by atoms with E-state index in [0.29, 0.717) is 6.54 Å². The minimum atomic E-state index is -0.390. The molecule has 0 aliphatic carbocycles. The lowest BCUT2D eigenvalue weighted by Crippen LogP contribution is -2.50. The van der Waals surface area contributed by atoms with E-state index in [1.165, 1.54) is 5.56 Å². The standard InChI is InChI=1S/C20H28N2O2/c1-14-12-15-8-5-6-10-17(15)22(14)18(23)16-9-7-11-21(13-16)19(24)20(2,3)4/h5-6,8,10,14,16H,7,9,11-13H2,1-4H3. The van der Waals surface area contributed by atoms with Gasteiger partial charge in [-0.1, -0.05) is 39.0 Å². The Morgan fingerprint density at radius 2 is 1.88 bits per heavy atom. The summed E-state index contributed by atoms with van der Waals surface area (Å²) >= 11 is 0. The maximum absolute atomic E-state index is 13.2. The molecule has 2 heterocycles. The van der Waals surface area contributed by atoms with Crippen LogP contribution in [-0.2, 0) is 16.0 Å². The third-order valence-electron chi connectivity index (χ3n) is 5.14. The average molecular weight is 328 g/mol. The molecule has 0 radical (unpaired) electrons. The van der Waals surface area contributed by atoms with E-state index in [2.05, 4.69) is 13.0 Å². The summed E-state index contributed by atoms with van der Waals surface area (Å²) in [6.45, 7) is 9.27. The lowest BCUT2D eigenvalue weighted by Gasteiger charge is -2.37. The van der Waals surface area contributed by atoms with Gasteiger partial charge in [-0.3, -0.25) is 9.59 Å². The summed E-state index contributed by atoms with van der Waals surface area (Å²) in [7, 11) is 0. The average Bonchev–Trinajstić information content (AvgIpc) is 2.88. The Hall–Kier alpha value is -1.84. The van der Waals surface area contributed by atoms with Gasteiger partial charge in [-0.05, 0) is 37.8 Å². The number of fused-ring (bicyclic) bond motifs is 1. The van der Waals surface area contributed by atoms with Crippen molar-refractivity contribution in [2.75, 3.05) is 18.0 Å². The molecule has 4 nitrogen and oxygen atoms in total. The number of amides is 2. The normalized spacial score (nSPS) is 24.0. The topological polar surface area (TPSA) is 40.6 Å². The molecule has 0 N–H and O–H groups in total. The highest BCUT2D eigenvalue weighted by molar-refractivity contribution is 5.98. The fourth-order valence-electron chi connectivity index (χ4n) is 3.94. The predicted octanol–water partition coefficient (Wildman–Crippen LogP) is 3.25. The first-order valence-electron chi connectivity index (χ1n) is 8.99. The molecule has 1 aromatic rings. The van der Waals surface area contributed by atoms with Gasteiger partial charge in [0, 0.05) is 30.2 Å². The molecular formula is C20H28N2O2. The fourth-order valence-corrected chi connectivity index (χ4v) is 3.94. The molecule has 1 saturated heterocycles. The van der Waals surface area contributed by atoms with E-state index in [1.54, 1.807) is 0 Å². The van der Waals surface area contributed by atoms with Gasteiger partial charge < -0.3 is 9.80 Å². The summed E-state index contributed by atoms with van der Waals surface area (Å²) in [5.41, 5.74) is 1.91. The molecule has 130 valence electrons. The van der Waals surface area contributed by atoms with Gasteiger partial charge in [0.2, 0.25) is 11.8 Å². The van der Waals surface area contributed by atoms with Crippen LogP contribution in [0.4, 0.5) is 5.69 Å². The van der Waals surface area contributed by atoms with Crippen molar-refractivity contribution in [3.63, 3.8) is 0 Å². The van der Waals surface area contributed by atoms with E-state index in [0.717, 1.165) is 31.5 Å². The van der Waals surface area contributed by atoms with Gasteiger partial charge in [-0.2, -0.15) is 0 Å². The van der Waals surface area contributed by atoms with Crippen LogP contribution >= 0.6 is 0 Å². The monoisotopic (exact) mass is 328 g/mol. The van der Waals surface area contributed by atoms with Crippen LogP contribution in [0.25, 0.3) is 0 Å². The number of piperidine rings is 1. The molecule has 0 aromatic heterocycles. The summed E-state index contributed by atoms with van der Waals surface area (Å²) in [5, 5.41) is 0. The van der Waals surface area contributed by atoms with E-state index in [9.17, 15) is 9.59 Å². The van der Waals surface area contributed by atoms with Gasteiger partial charge in [-0.15, -0.1) is 0 Å². The molecule has 3 rings (SSSR count). The first kappa shape index (κ1) is 17.0. The molecule has 1 fully saturated rings. The van der Waals surface area contributed by atoms with E-state index >= 15 is 0 Å². The molecule has 24 heavy (non-hydrogen) atoms. The Morgan fingerprint density at radius 3 is 2.58 bits per heavy atom. The van der Waals surface area contributed by atoms with Gasteiger partial charge in [-0.25, -0.2) is 0 Å². The first-order valence-corrected chi connectivity index (χ1v) is 8.99. The van der Waals surface area contributed by atoms with E-state index < -0.39 is 5.41 Å². The zero-order valence-electron chi connectivity index (χ0n) is 15.2. The van der Waals surface area contributed by atoms with Crippen LogP contribution in [0.1, 0.15) is 46.1 Å². The zero-order valence-corrected chi connectivity index (χ0v) is 15.2. The third-order valence-corrected chi connectivity index (χ3v) is 5.14. The zero-order chi connectivity index (χ0) is 17.5. The summed E-state index contributed by atoms with van der Waals surface area (Å²) in [6.07, 6.45) is 2.69. The number of hydrogen-bond donors (Lipinski definition) is 0. The maximum atomic E-state index is 13.2. The number of carbonyl (C=O) groups excluding carboxylic acids is 2. The molecule has 2 aliphatic heterocycles. The minimum absolute atomic E-state index is 0.0846. The molecule has 0 spiro atoms. The van der Waals surface area contributed by atoms with Crippen LogP contribution in [0.15, 0.2) is 24.3 Å². The van der Waals surface area contributed by atoms with Gasteiger partial charge in [0.1, 0.15) is 0 Å². The highest BCUT2D eigenvalue weighted by Gasteiger charge is 2.38. The fraction of sp³-hybridized carbons (Fsp3) is 0.600. The van der Waals surface area contributed by atoms with Gasteiger partial charge in [0.15, 0.2) is 0 Å². The second kappa shape index (κ2) is 6.23. The number of anilines is 1. The second-order valence-corrected chi connectivity index (χ2v) is 8.23. The van der Waals surface area contributed by atoms with Crippen molar-refractivity contribution in [2.24, 2.45) is 11.3 Å². The summed E-state index contributed by atoms with van der Waals surface area (Å²) in [6, 6.07) is 8.37. The summed E-state index contributed by atoms with van der Waals surface area (Å²) in [5.74, 6) is 0.243. The Balaban J connectivity index is 1.77. The quantitative estimate of drug-likeness (QED) is 0.794. The van der Waals surface area contributed by atoms with Crippen molar-refractivity contribution in [3.05, 3.63) is 29.8 Å². The number of hydrogen-bond acceptors (Lipinski definition) is 2. The van der Waals surface area contributed by atoms with Crippen LogP contribution in [0.5, 0.6) is 0 Å². The van der Waals surface area contributed by atoms with Crippen LogP contribution < -0.4 is 4.90 Å². The third kappa shape index (κ3) is 3.06. The van der Waals surface area contributed by atoms with Crippen molar-refractivity contribution < 1.29 is 9.59 Å². The SMILES string of the molecule is CC1Cc2ccccc2N1C(=O)C1CCCN(C(=O)C(C)(C)C)C1. The van der Waals surface area contributed by atoms with Crippen molar-refractivity contribution in [2.45, 2.75) is 53.0 Å². The van der Waals surface area contributed by atoms with Crippen LogP contribution in [0, 0.1) is 11.3 Å². The lowest BCUT2D eigenvalue weighted by molar-refractivity contribution is -0.142. The smallest absolute Gasteiger partial charge is 0.232 e. The Kier molecular flexibility index (Phi) is 4.41. The summed E-state index contributed by atoms with van der Waals surface area (Å²) < 4.78 is 0. The van der Waals surface area contributed by atoms with Crippen LogP contribution in [0.2, 0.25) is 0 Å². The molecule has 4 heteroatoms. The van der Waals surface area contributed by atoms with Crippen molar-refractivity contribution in [3.8, 4) is 0 Å². The Bertz CT molecular complexity index is 647. The molecule has 0 bridgehead atoms. The molecule has 2 atom stereocenters. The van der Waals surface area contributed by atoms with Crippen molar-refractivity contribution in [1.82, 2.24) is 4.90 Å². The predicted molar refractivity (Wildman–Crippen MR) is 95.9 cm³/mol. The summed E-state index contributed by atoms with van der Waals surface area (Å²) in [4.78, 5) is 29.6. The first-order chi connectivity index (χ1) is 11.3. The number of rotatable bonds is 1. The van der Waals surface area contributed by atoms with Crippen molar-refractivity contribution >= 4 is 17.5 Å². The Labute approximate surface area is 144 Å². The maximum Gasteiger partial charge on any atom is 0.232 e. The number of carbonyl (C=O) groups is 2. The molecule has 2 unspecified atom stereocenters. The number of benzene rings is 1. The molecule has 0 saturated carbocycles. The highest BCUT2D eigenvalue weighted by Crippen LogP contribution is 2.34. The Morgan fingerprint density at radius 1 is 1.17 bits per heavy atom. The van der Waals surface area contributed by atoms with Gasteiger partial charge >= 0.3 is 0 Å². The van der Waals surface area contributed by atoms with E-state index in [1.807, 2.05) is 48.8 Å². The second-order valence-electron chi connectivity index (χ2n) is 8.23. The molecule has 2 amide bonds. The van der Waals surface area contributed by atoms with E-state index in [4.69, 9.17) is 0 Å². The molecule has 2 aliphatic rings. The van der Waals surface area contributed by atoms with Crippen LogP contribution in [0.3, 0.4) is 0 Å². The number of para-hydroxylation sites is 1. The largest absolute Gasteiger partial charge is 0.341 e. The van der Waals surface area contributed by atoms with E-state index in [-0.39, 0.29) is 23.8 Å². The minimum Gasteiger partial charge on any atom is -0.341 e. The molecular weight excluding hydrogens is 300 g/mol.